The van der Waals surface area contributed by atoms with Crippen LogP contribution in [-0.4, -0.2) is 16.0 Å². The second-order valence-corrected chi connectivity index (χ2v) is 7.29. The zero-order chi connectivity index (χ0) is 20.0. The van der Waals surface area contributed by atoms with Gasteiger partial charge in [-0.05, 0) is 49.1 Å². The van der Waals surface area contributed by atoms with Crippen molar-refractivity contribution in [3.05, 3.63) is 77.0 Å². The van der Waals surface area contributed by atoms with Crippen molar-refractivity contribution < 1.29 is 13.9 Å². The van der Waals surface area contributed by atoms with Gasteiger partial charge in [0.25, 0.3) is 0 Å². The van der Waals surface area contributed by atoms with E-state index in [4.69, 9.17) is 4.74 Å². The second kappa shape index (κ2) is 6.84. The first kappa shape index (κ1) is 17.6. The molecule has 3 aromatic rings. The number of halogens is 1. The molecule has 0 aliphatic carbocycles. The SMILES string of the molecule is Cc1cc2c(cc1N1Cc3cccnc3NC1=O)OC(c1ncccc1F)CC2. The number of carbonyl (C=O) groups is 1. The van der Waals surface area contributed by atoms with Gasteiger partial charge in [-0.2, -0.15) is 0 Å². The molecule has 0 radical (unpaired) electrons. The number of nitrogens with zero attached hydrogens (tertiary/aromatic N) is 3. The quantitative estimate of drug-likeness (QED) is 0.697. The van der Waals surface area contributed by atoms with Crippen LogP contribution in [-0.2, 0) is 13.0 Å². The maximum Gasteiger partial charge on any atom is 0.327 e. The van der Waals surface area contributed by atoms with Crippen LogP contribution in [0.25, 0.3) is 0 Å². The predicted molar refractivity (Wildman–Crippen MR) is 107 cm³/mol. The van der Waals surface area contributed by atoms with E-state index in [1.54, 1.807) is 23.4 Å². The molecule has 1 unspecified atom stereocenters. The van der Waals surface area contributed by atoms with E-state index in [9.17, 15) is 9.18 Å². The molecule has 1 aromatic carbocycles. The Morgan fingerprint density at radius 1 is 1.17 bits per heavy atom. The lowest BCUT2D eigenvalue weighted by molar-refractivity contribution is 0.167. The minimum absolute atomic E-state index is 0.234. The Balaban J connectivity index is 1.49. The van der Waals surface area contributed by atoms with Crippen LogP contribution in [0.15, 0.2) is 48.8 Å². The monoisotopic (exact) mass is 390 g/mol. The molecule has 6 nitrogen and oxygen atoms in total. The number of rotatable bonds is 2. The predicted octanol–water partition coefficient (Wildman–Crippen LogP) is 4.54. The Bertz CT molecular complexity index is 1120. The highest BCUT2D eigenvalue weighted by atomic mass is 19.1. The number of hydrogen-bond acceptors (Lipinski definition) is 4. The summed E-state index contributed by atoms with van der Waals surface area (Å²) in [5, 5.41) is 2.83. The maximum atomic E-state index is 14.2. The van der Waals surface area contributed by atoms with Crippen molar-refractivity contribution >= 4 is 17.5 Å². The highest BCUT2D eigenvalue weighted by Crippen LogP contribution is 2.40. The number of aryl methyl sites for hydroxylation is 2. The third-order valence-corrected chi connectivity index (χ3v) is 5.40. The largest absolute Gasteiger partial charge is 0.484 e. The fourth-order valence-corrected chi connectivity index (χ4v) is 3.94. The van der Waals surface area contributed by atoms with Gasteiger partial charge in [0.2, 0.25) is 0 Å². The third kappa shape index (κ3) is 3.08. The normalized spacial score (nSPS) is 17.8. The van der Waals surface area contributed by atoms with E-state index < -0.39 is 6.10 Å². The second-order valence-electron chi connectivity index (χ2n) is 7.29. The van der Waals surface area contributed by atoms with E-state index in [0.717, 1.165) is 28.8 Å². The summed E-state index contributed by atoms with van der Waals surface area (Å²) in [6.07, 6.45) is 4.20. The molecule has 0 bridgehead atoms. The molecular formula is C22H19FN4O2. The van der Waals surface area contributed by atoms with Gasteiger partial charge < -0.3 is 4.74 Å². The number of benzene rings is 1. The zero-order valence-corrected chi connectivity index (χ0v) is 15.9. The highest BCUT2D eigenvalue weighted by molar-refractivity contribution is 6.04. The van der Waals surface area contributed by atoms with Gasteiger partial charge in [0.15, 0.2) is 0 Å². The molecule has 2 aliphatic heterocycles. The van der Waals surface area contributed by atoms with Crippen molar-refractivity contribution in [3.63, 3.8) is 0 Å². The van der Waals surface area contributed by atoms with Gasteiger partial charge in [0.05, 0.1) is 12.2 Å². The summed E-state index contributed by atoms with van der Waals surface area (Å²) in [5.41, 5.74) is 4.06. The average molecular weight is 390 g/mol. The van der Waals surface area contributed by atoms with E-state index in [-0.39, 0.29) is 11.8 Å². The smallest absolute Gasteiger partial charge is 0.327 e. The molecule has 2 aliphatic rings. The first-order valence-electron chi connectivity index (χ1n) is 9.53. The van der Waals surface area contributed by atoms with E-state index in [0.29, 0.717) is 30.2 Å². The van der Waals surface area contributed by atoms with Gasteiger partial charge >= 0.3 is 6.03 Å². The number of nitrogens with one attached hydrogen (secondary N) is 1. The van der Waals surface area contributed by atoms with Crippen LogP contribution in [0.1, 0.15) is 34.9 Å². The van der Waals surface area contributed by atoms with Crippen LogP contribution in [0.5, 0.6) is 5.75 Å². The number of carbonyl (C=O) groups excluding carboxylic acids is 1. The molecule has 2 aromatic heterocycles. The standard InChI is InChI=1S/C22H19FN4O2/c1-13-10-14-6-7-18(20-16(23)5-3-8-24-20)29-19(14)11-17(13)27-12-15-4-2-9-25-21(15)26-22(27)28/h2-5,8-11,18H,6-7,12H2,1H3,(H,25,26,28). The molecule has 5 rings (SSSR count). The van der Waals surface area contributed by atoms with E-state index >= 15 is 0 Å². The lowest BCUT2D eigenvalue weighted by atomic mass is 9.97. The van der Waals surface area contributed by atoms with Crippen molar-refractivity contribution in [1.82, 2.24) is 9.97 Å². The lowest BCUT2D eigenvalue weighted by Crippen LogP contribution is -2.39. The lowest BCUT2D eigenvalue weighted by Gasteiger charge is -2.32. The average Bonchev–Trinajstić information content (AvgIpc) is 2.73. The summed E-state index contributed by atoms with van der Waals surface area (Å²) in [7, 11) is 0. The minimum Gasteiger partial charge on any atom is -0.484 e. The number of ether oxygens (including phenoxy) is 1. The molecular weight excluding hydrogens is 371 g/mol. The van der Waals surface area contributed by atoms with Crippen molar-refractivity contribution in [3.8, 4) is 5.75 Å². The van der Waals surface area contributed by atoms with Crippen LogP contribution in [0, 0.1) is 12.7 Å². The summed E-state index contributed by atoms with van der Waals surface area (Å²) in [6.45, 7) is 2.40. The van der Waals surface area contributed by atoms with Gasteiger partial charge in [-0.1, -0.05) is 12.1 Å². The molecule has 0 spiro atoms. The molecule has 0 saturated carbocycles. The van der Waals surface area contributed by atoms with Crippen LogP contribution in [0.3, 0.4) is 0 Å². The van der Waals surface area contributed by atoms with Gasteiger partial charge in [0, 0.05) is 24.0 Å². The van der Waals surface area contributed by atoms with Crippen LogP contribution in [0.2, 0.25) is 0 Å². The third-order valence-electron chi connectivity index (χ3n) is 5.40. The fourth-order valence-electron chi connectivity index (χ4n) is 3.94. The van der Waals surface area contributed by atoms with Gasteiger partial charge in [-0.25, -0.2) is 14.2 Å². The Hall–Kier alpha value is -3.48. The zero-order valence-electron chi connectivity index (χ0n) is 15.9. The Kier molecular flexibility index (Phi) is 4.16. The van der Waals surface area contributed by atoms with Crippen molar-refractivity contribution in [1.29, 1.82) is 0 Å². The summed E-state index contributed by atoms with van der Waals surface area (Å²) in [4.78, 5) is 22.7. The fraction of sp³-hybridized carbons (Fsp3) is 0.227. The first-order chi connectivity index (χ1) is 14.1. The number of hydrogen-bond donors (Lipinski definition) is 1. The van der Waals surface area contributed by atoms with Crippen LogP contribution >= 0.6 is 0 Å². The summed E-state index contributed by atoms with van der Waals surface area (Å²) < 4.78 is 20.3. The number of aromatic nitrogens is 2. The Morgan fingerprint density at radius 2 is 2.00 bits per heavy atom. The molecule has 0 saturated heterocycles. The van der Waals surface area contributed by atoms with Crippen molar-refractivity contribution in [2.75, 3.05) is 10.2 Å². The first-order valence-corrected chi connectivity index (χ1v) is 9.53. The summed E-state index contributed by atoms with van der Waals surface area (Å²) >= 11 is 0. The number of pyridine rings is 2. The number of amides is 2. The van der Waals surface area contributed by atoms with Gasteiger partial charge in [-0.15, -0.1) is 0 Å². The molecule has 4 heterocycles. The van der Waals surface area contributed by atoms with E-state index in [1.165, 1.54) is 6.07 Å². The number of anilines is 2. The maximum absolute atomic E-state index is 14.2. The molecule has 1 atom stereocenters. The minimum atomic E-state index is -0.445. The molecule has 1 N–H and O–H groups in total. The van der Waals surface area contributed by atoms with E-state index in [1.807, 2.05) is 31.2 Å². The van der Waals surface area contributed by atoms with Gasteiger partial charge in [-0.3, -0.25) is 15.2 Å². The van der Waals surface area contributed by atoms with Gasteiger partial charge in [0.1, 0.15) is 29.2 Å². The van der Waals surface area contributed by atoms with Crippen molar-refractivity contribution in [2.24, 2.45) is 0 Å². The molecule has 146 valence electrons. The topological polar surface area (TPSA) is 67.4 Å². The Labute approximate surface area is 167 Å². The van der Waals surface area contributed by atoms with E-state index in [2.05, 4.69) is 15.3 Å². The number of urea groups is 1. The molecule has 0 fully saturated rings. The number of fused-ring (bicyclic) bond motifs is 2. The Morgan fingerprint density at radius 3 is 2.86 bits per heavy atom. The summed E-state index contributed by atoms with van der Waals surface area (Å²) in [5.74, 6) is 0.885. The molecule has 2 amide bonds. The molecule has 29 heavy (non-hydrogen) atoms. The molecule has 7 heteroatoms. The summed E-state index contributed by atoms with van der Waals surface area (Å²) in [6, 6.07) is 10.4. The van der Waals surface area contributed by atoms with Crippen molar-refractivity contribution in [2.45, 2.75) is 32.4 Å². The van der Waals surface area contributed by atoms with Crippen LogP contribution < -0.4 is 15.0 Å². The highest BCUT2D eigenvalue weighted by Gasteiger charge is 2.29. The van der Waals surface area contributed by atoms with Crippen LogP contribution in [0.4, 0.5) is 20.7 Å².